The number of sulfonamides is 1. The van der Waals surface area contributed by atoms with Crippen LogP contribution in [0.25, 0.3) is 0 Å². The molecule has 0 unspecified atom stereocenters. The van der Waals surface area contributed by atoms with E-state index in [1.807, 2.05) is 24.3 Å². The van der Waals surface area contributed by atoms with Crippen LogP contribution in [0.1, 0.15) is 5.56 Å². The van der Waals surface area contributed by atoms with E-state index in [1.54, 1.807) is 24.3 Å². The number of hydrogen-bond donors (Lipinski definition) is 1. The van der Waals surface area contributed by atoms with E-state index in [9.17, 15) is 8.42 Å². The molecule has 1 aliphatic heterocycles. The number of halogens is 1. The van der Waals surface area contributed by atoms with Crippen LogP contribution in [0.3, 0.4) is 0 Å². The van der Waals surface area contributed by atoms with Crippen molar-refractivity contribution in [3.8, 4) is 5.75 Å². The van der Waals surface area contributed by atoms with Gasteiger partial charge in [0.25, 0.3) is 0 Å². The minimum absolute atomic E-state index is 0.254. The summed E-state index contributed by atoms with van der Waals surface area (Å²) in [5, 5.41) is 0. The average molecular weight is 368 g/mol. The molecule has 0 fully saturated rings. The Morgan fingerprint density at radius 3 is 2.57 bits per heavy atom. The molecule has 0 amide bonds. The molecule has 0 radical (unpaired) electrons. The normalized spacial score (nSPS) is 17.9. The van der Waals surface area contributed by atoms with Gasteiger partial charge in [-0.1, -0.05) is 34.1 Å². The first-order chi connectivity index (χ1) is 10.0. The molecule has 0 aromatic heterocycles. The molecule has 2 aromatic carbocycles. The topological polar surface area (TPSA) is 55.4 Å². The lowest BCUT2D eigenvalue weighted by atomic mass is 10.0. The van der Waals surface area contributed by atoms with E-state index >= 15 is 0 Å². The molecule has 3 rings (SSSR count). The summed E-state index contributed by atoms with van der Waals surface area (Å²) in [6.07, 6.45) is 0.631. The summed E-state index contributed by atoms with van der Waals surface area (Å²) in [5.41, 5.74) is 1.02. The zero-order valence-corrected chi connectivity index (χ0v) is 13.5. The third-order valence-electron chi connectivity index (χ3n) is 3.32. The largest absolute Gasteiger partial charge is 0.492 e. The molecular formula is C15H14BrNO3S. The highest BCUT2D eigenvalue weighted by Crippen LogP contribution is 2.24. The maximum absolute atomic E-state index is 12.3. The summed E-state index contributed by atoms with van der Waals surface area (Å²) in [4.78, 5) is 0.254. The van der Waals surface area contributed by atoms with Crippen LogP contribution in [-0.4, -0.2) is 21.1 Å². The van der Waals surface area contributed by atoms with Gasteiger partial charge in [0.05, 0.1) is 10.9 Å². The molecule has 110 valence electrons. The lowest BCUT2D eigenvalue weighted by molar-refractivity contribution is 0.254. The Labute approximate surface area is 132 Å². The first-order valence-electron chi connectivity index (χ1n) is 6.53. The van der Waals surface area contributed by atoms with Crippen LogP contribution in [0.15, 0.2) is 57.9 Å². The second-order valence-electron chi connectivity index (χ2n) is 4.89. The van der Waals surface area contributed by atoms with Gasteiger partial charge in [0.1, 0.15) is 12.4 Å². The van der Waals surface area contributed by atoms with Crippen LogP contribution < -0.4 is 9.46 Å². The van der Waals surface area contributed by atoms with Crippen molar-refractivity contribution >= 4 is 26.0 Å². The molecule has 1 aliphatic rings. The molecular weight excluding hydrogens is 354 g/mol. The molecule has 1 heterocycles. The summed E-state index contributed by atoms with van der Waals surface area (Å²) in [7, 11) is -3.53. The summed E-state index contributed by atoms with van der Waals surface area (Å²) in [6, 6.07) is 14.0. The molecule has 0 saturated carbocycles. The smallest absolute Gasteiger partial charge is 0.240 e. The van der Waals surface area contributed by atoms with E-state index in [0.29, 0.717) is 13.0 Å². The van der Waals surface area contributed by atoms with Gasteiger partial charge in [0, 0.05) is 4.47 Å². The summed E-state index contributed by atoms with van der Waals surface area (Å²) >= 11 is 3.29. The summed E-state index contributed by atoms with van der Waals surface area (Å²) < 4.78 is 33.8. The van der Waals surface area contributed by atoms with Gasteiger partial charge in [-0.2, -0.15) is 0 Å². The van der Waals surface area contributed by atoms with Crippen molar-refractivity contribution in [3.63, 3.8) is 0 Å². The van der Waals surface area contributed by atoms with Crippen molar-refractivity contribution in [2.75, 3.05) is 6.61 Å². The van der Waals surface area contributed by atoms with E-state index in [4.69, 9.17) is 4.74 Å². The molecule has 6 heteroatoms. The molecule has 0 bridgehead atoms. The number of rotatable bonds is 3. The highest BCUT2D eigenvalue weighted by molar-refractivity contribution is 9.10. The van der Waals surface area contributed by atoms with E-state index < -0.39 is 10.0 Å². The molecule has 0 aliphatic carbocycles. The van der Waals surface area contributed by atoms with E-state index in [-0.39, 0.29) is 10.9 Å². The average Bonchev–Trinajstić information content (AvgIpc) is 2.47. The number of nitrogens with one attached hydrogen (secondary N) is 1. The fourth-order valence-corrected chi connectivity index (χ4v) is 3.79. The second kappa shape index (κ2) is 5.79. The fraction of sp³-hybridized carbons (Fsp3) is 0.200. The minimum atomic E-state index is -3.53. The highest BCUT2D eigenvalue weighted by Gasteiger charge is 2.25. The maximum Gasteiger partial charge on any atom is 0.240 e. The molecule has 4 nitrogen and oxygen atoms in total. The predicted molar refractivity (Wildman–Crippen MR) is 83.9 cm³/mol. The lowest BCUT2D eigenvalue weighted by Crippen LogP contribution is -2.42. The second-order valence-corrected chi connectivity index (χ2v) is 7.52. The summed E-state index contributed by atoms with van der Waals surface area (Å²) in [6.45, 7) is 0.340. The van der Waals surface area contributed by atoms with Crippen molar-refractivity contribution in [3.05, 3.63) is 58.6 Å². The van der Waals surface area contributed by atoms with Gasteiger partial charge >= 0.3 is 0 Å². The first kappa shape index (κ1) is 14.6. The van der Waals surface area contributed by atoms with Crippen molar-refractivity contribution in [2.45, 2.75) is 17.4 Å². The number of fused-ring (bicyclic) bond motifs is 1. The zero-order valence-electron chi connectivity index (χ0n) is 11.1. The highest BCUT2D eigenvalue weighted by atomic mass is 79.9. The number of benzene rings is 2. The van der Waals surface area contributed by atoms with Gasteiger partial charge in [0.15, 0.2) is 0 Å². The summed E-state index contributed by atoms with van der Waals surface area (Å²) in [5.74, 6) is 0.830. The Bertz CT molecular complexity index is 744. The van der Waals surface area contributed by atoms with Gasteiger partial charge in [-0.05, 0) is 42.3 Å². The number of para-hydroxylation sites is 1. The predicted octanol–water partition coefficient (Wildman–Crippen LogP) is 2.73. The Hall–Kier alpha value is -1.37. The number of hydrogen-bond acceptors (Lipinski definition) is 3. The van der Waals surface area contributed by atoms with Crippen LogP contribution in [0.4, 0.5) is 0 Å². The van der Waals surface area contributed by atoms with Crippen LogP contribution >= 0.6 is 15.9 Å². The molecule has 1 atom stereocenters. The van der Waals surface area contributed by atoms with Gasteiger partial charge in [-0.25, -0.2) is 13.1 Å². The Morgan fingerprint density at radius 2 is 1.81 bits per heavy atom. The van der Waals surface area contributed by atoms with E-state index in [2.05, 4.69) is 20.7 Å². The van der Waals surface area contributed by atoms with Gasteiger partial charge in [-0.3, -0.25) is 0 Å². The van der Waals surface area contributed by atoms with Crippen LogP contribution in [0.5, 0.6) is 5.75 Å². The Balaban J connectivity index is 1.77. The van der Waals surface area contributed by atoms with Gasteiger partial charge in [-0.15, -0.1) is 0 Å². The maximum atomic E-state index is 12.3. The quantitative estimate of drug-likeness (QED) is 0.907. The van der Waals surface area contributed by atoms with Gasteiger partial charge < -0.3 is 4.74 Å². The van der Waals surface area contributed by atoms with Crippen molar-refractivity contribution < 1.29 is 13.2 Å². The SMILES string of the molecule is O=S(=O)(N[C@@H]1COc2ccccc2C1)c1ccc(Br)cc1. The number of ether oxygens (including phenoxy) is 1. The van der Waals surface area contributed by atoms with Crippen LogP contribution in [-0.2, 0) is 16.4 Å². The molecule has 0 saturated heterocycles. The standard InChI is InChI=1S/C15H14BrNO3S/c16-12-5-7-14(8-6-12)21(18,19)17-13-9-11-3-1-2-4-15(11)20-10-13/h1-8,13,17H,9-10H2/t13-/m0/s1. The Morgan fingerprint density at radius 1 is 1.10 bits per heavy atom. The molecule has 1 N–H and O–H groups in total. The fourth-order valence-electron chi connectivity index (χ4n) is 2.30. The van der Waals surface area contributed by atoms with Crippen LogP contribution in [0, 0.1) is 0 Å². The van der Waals surface area contributed by atoms with E-state index in [1.165, 1.54) is 0 Å². The van der Waals surface area contributed by atoms with Crippen molar-refractivity contribution in [1.82, 2.24) is 4.72 Å². The van der Waals surface area contributed by atoms with Crippen molar-refractivity contribution in [2.24, 2.45) is 0 Å². The third-order valence-corrected chi connectivity index (χ3v) is 5.39. The van der Waals surface area contributed by atoms with Crippen LogP contribution in [0.2, 0.25) is 0 Å². The third kappa shape index (κ3) is 3.28. The Kier molecular flexibility index (Phi) is 4.01. The van der Waals surface area contributed by atoms with Crippen molar-refractivity contribution in [1.29, 1.82) is 0 Å². The molecule has 0 spiro atoms. The minimum Gasteiger partial charge on any atom is -0.492 e. The van der Waals surface area contributed by atoms with E-state index in [0.717, 1.165) is 15.8 Å². The molecule has 2 aromatic rings. The lowest BCUT2D eigenvalue weighted by Gasteiger charge is -2.25. The molecule has 21 heavy (non-hydrogen) atoms. The van der Waals surface area contributed by atoms with Gasteiger partial charge in [0.2, 0.25) is 10.0 Å². The monoisotopic (exact) mass is 367 g/mol. The zero-order chi connectivity index (χ0) is 14.9. The first-order valence-corrected chi connectivity index (χ1v) is 8.81.